The third-order valence-electron chi connectivity index (χ3n) is 5.17. The quantitative estimate of drug-likeness (QED) is 0.841. The second kappa shape index (κ2) is 5.95. The Labute approximate surface area is 146 Å². The van der Waals surface area contributed by atoms with Gasteiger partial charge in [0.1, 0.15) is 6.33 Å². The third kappa shape index (κ3) is 2.77. The van der Waals surface area contributed by atoms with E-state index >= 15 is 0 Å². The fraction of sp³-hybridized carbons (Fsp3) is 0.368. The first-order valence-electron chi connectivity index (χ1n) is 8.47. The molecule has 0 aliphatic carbocycles. The van der Waals surface area contributed by atoms with Crippen molar-refractivity contribution in [3.8, 4) is 0 Å². The zero-order chi connectivity index (χ0) is 17.6. The molecule has 4 rings (SSSR count). The van der Waals surface area contributed by atoms with E-state index in [1.807, 2.05) is 32.0 Å². The summed E-state index contributed by atoms with van der Waals surface area (Å²) in [6.45, 7) is 5.56. The van der Waals surface area contributed by atoms with Crippen molar-refractivity contribution >= 4 is 17.5 Å². The van der Waals surface area contributed by atoms with E-state index in [1.54, 1.807) is 16.0 Å². The van der Waals surface area contributed by atoms with E-state index in [-0.39, 0.29) is 24.2 Å². The molecule has 1 unspecified atom stereocenters. The molecule has 2 aromatic rings. The van der Waals surface area contributed by atoms with E-state index < -0.39 is 0 Å². The van der Waals surface area contributed by atoms with Crippen LogP contribution in [0.1, 0.15) is 28.8 Å². The normalized spacial score (nSPS) is 19.4. The van der Waals surface area contributed by atoms with Crippen LogP contribution in [0.5, 0.6) is 0 Å². The Bertz CT molecular complexity index is 839. The van der Waals surface area contributed by atoms with Crippen LogP contribution >= 0.6 is 0 Å². The second-order valence-electron chi connectivity index (χ2n) is 6.86. The summed E-state index contributed by atoms with van der Waals surface area (Å²) in [6, 6.07) is 5.98. The molecule has 25 heavy (non-hydrogen) atoms. The number of benzene rings is 1. The zero-order valence-corrected chi connectivity index (χ0v) is 14.4. The summed E-state index contributed by atoms with van der Waals surface area (Å²) in [6.07, 6.45) is 3.54. The van der Waals surface area contributed by atoms with Crippen LogP contribution in [0.3, 0.4) is 0 Å². The van der Waals surface area contributed by atoms with E-state index in [1.165, 1.54) is 11.9 Å². The van der Waals surface area contributed by atoms with Crippen LogP contribution in [-0.4, -0.2) is 33.2 Å². The smallest absolute Gasteiger partial charge is 0.228 e. The molecule has 0 N–H and O–H groups in total. The number of carbonyl (C=O) groups is 2. The highest BCUT2D eigenvalue weighted by Gasteiger charge is 2.38. The summed E-state index contributed by atoms with van der Waals surface area (Å²) in [5, 5.41) is 0. The summed E-state index contributed by atoms with van der Waals surface area (Å²) < 4.78 is 0. The lowest BCUT2D eigenvalue weighted by molar-refractivity contribution is -0.136. The van der Waals surface area contributed by atoms with E-state index in [0.717, 1.165) is 22.5 Å². The monoisotopic (exact) mass is 336 g/mol. The number of nitrogens with zero attached hydrogens (tertiary/aromatic N) is 4. The predicted molar refractivity (Wildman–Crippen MR) is 92.7 cm³/mol. The Balaban J connectivity index is 1.49. The predicted octanol–water partition coefficient (Wildman–Crippen LogP) is 1.99. The Morgan fingerprint density at radius 1 is 1.20 bits per heavy atom. The maximum Gasteiger partial charge on any atom is 0.228 e. The van der Waals surface area contributed by atoms with Gasteiger partial charge in [-0.05, 0) is 37.1 Å². The van der Waals surface area contributed by atoms with Gasteiger partial charge in [0.05, 0.1) is 18.2 Å². The van der Waals surface area contributed by atoms with E-state index in [4.69, 9.17) is 0 Å². The van der Waals surface area contributed by atoms with Gasteiger partial charge in [0.25, 0.3) is 0 Å². The number of rotatable bonds is 2. The van der Waals surface area contributed by atoms with Gasteiger partial charge in [-0.3, -0.25) is 9.59 Å². The summed E-state index contributed by atoms with van der Waals surface area (Å²) in [5.41, 5.74) is 5.11. The molecule has 6 nitrogen and oxygen atoms in total. The highest BCUT2D eigenvalue weighted by molar-refractivity contribution is 6.00. The fourth-order valence-electron chi connectivity index (χ4n) is 3.53. The van der Waals surface area contributed by atoms with Crippen molar-refractivity contribution in [1.82, 2.24) is 14.9 Å². The first-order valence-corrected chi connectivity index (χ1v) is 8.47. The molecule has 0 bridgehead atoms. The van der Waals surface area contributed by atoms with Crippen LogP contribution < -0.4 is 4.90 Å². The molecule has 3 heterocycles. The fourth-order valence-corrected chi connectivity index (χ4v) is 3.53. The Morgan fingerprint density at radius 2 is 2.04 bits per heavy atom. The van der Waals surface area contributed by atoms with Crippen molar-refractivity contribution in [2.24, 2.45) is 5.92 Å². The lowest BCUT2D eigenvalue weighted by Crippen LogP contribution is -2.34. The van der Waals surface area contributed by atoms with E-state index in [9.17, 15) is 9.59 Å². The molecule has 1 aromatic heterocycles. The summed E-state index contributed by atoms with van der Waals surface area (Å²) in [7, 11) is 0. The standard InChI is InChI=1S/C19H20N4O2/c1-12-3-4-16(5-13(12)2)23-9-14(6-18(23)24)19(25)22-8-15-7-20-11-21-17(15)10-22/h3-5,7,11,14H,6,8-10H2,1-2H3. The summed E-state index contributed by atoms with van der Waals surface area (Å²) in [5.74, 6) is -0.257. The van der Waals surface area contributed by atoms with Gasteiger partial charge in [-0.1, -0.05) is 6.07 Å². The minimum absolute atomic E-state index is 0.0121. The number of carbonyl (C=O) groups excluding carboxylic acids is 2. The van der Waals surface area contributed by atoms with Crippen molar-refractivity contribution in [3.63, 3.8) is 0 Å². The van der Waals surface area contributed by atoms with Crippen molar-refractivity contribution in [3.05, 3.63) is 53.1 Å². The van der Waals surface area contributed by atoms with Crippen LogP contribution in [-0.2, 0) is 22.7 Å². The van der Waals surface area contributed by atoms with Gasteiger partial charge < -0.3 is 9.80 Å². The highest BCUT2D eigenvalue weighted by Crippen LogP contribution is 2.30. The van der Waals surface area contributed by atoms with E-state index in [0.29, 0.717) is 19.6 Å². The zero-order valence-electron chi connectivity index (χ0n) is 14.4. The van der Waals surface area contributed by atoms with Crippen LogP contribution in [0.2, 0.25) is 0 Å². The average molecular weight is 336 g/mol. The maximum atomic E-state index is 12.9. The molecule has 1 aromatic carbocycles. The van der Waals surface area contributed by atoms with Gasteiger partial charge in [-0.15, -0.1) is 0 Å². The number of hydrogen-bond acceptors (Lipinski definition) is 4. The molecule has 0 spiro atoms. The largest absolute Gasteiger partial charge is 0.332 e. The first kappa shape index (κ1) is 15.7. The molecule has 2 aliphatic rings. The molecular weight excluding hydrogens is 316 g/mol. The molecule has 0 radical (unpaired) electrons. The van der Waals surface area contributed by atoms with E-state index in [2.05, 4.69) is 9.97 Å². The lowest BCUT2D eigenvalue weighted by Gasteiger charge is -2.21. The van der Waals surface area contributed by atoms with Crippen LogP contribution in [0.25, 0.3) is 0 Å². The average Bonchev–Trinajstić information content (AvgIpc) is 3.20. The van der Waals surface area contributed by atoms with Crippen LogP contribution in [0.15, 0.2) is 30.7 Å². The van der Waals surface area contributed by atoms with Crippen molar-refractivity contribution < 1.29 is 9.59 Å². The third-order valence-corrected chi connectivity index (χ3v) is 5.17. The highest BCUT2D eigenvalue weighted by atomic mass is 16.2. The van der Waals surface area contributed by atoms with Crippen molar-refractivity contribution in [1.29, 1.82) is 0 Å². The lowest BCUT2D eigenvalue weighted by atomic mass is 10.1. The Kier molecular flexibility index (Phi) is 3.75. The number of fused-ring (bicyclic) bond motifs is 1. The van der Waals surface area contributed by atoms with Gasteiger partial charge in [0, 0.05) is 37.0 Å². The van der Waals surface area contributed by atoms with Gasteiger partial charge in [-0.25, -0.2) is 9.97 Å². The minimum Gasteiger partial charge on any atom is -0.332 e. The van der Waals surface area contributed by atoms with Gasteiger partial charge in [-0.2, -0.15) is 0 Å². The Hall–Kier alpha value is -2.76. The molecule has 6 heteroatoms. The van der Waals surface area contributed by atoms with Gasteiger partial charge >= 0.3 is 0 Å². The van der Waals surface area contributed by atoms with Crippen LogP contribution in [0.4, 0.5) is 5.69 Å². The SMILES string of the molecule is Cc1ccc(N2CC(C(=O)N3Cc4cncnc4C3)CC2=O)cc1C. The minimum atomic E-state index is -0.295. The van der Waals surface area contributed by atoms with Crippen molar-refractivity contribution in [2.75, 3.05) is 11.4 Å². The summed E-state index contributed by atoms with van der Waals surface area (Å²) >= 11 is 0. The molecule has 2 amide bonds. The second-order valence-corrected chi connectivity index (χ2v) is 6.86. The van der Waals surface area contributed by atoms with Crippen molar-refractivity contribution in [2.45, 2.75) is 33.4 Å². The first-order chi connectivity index (χ1) is 12.0. The molecule has 1 fully saturated rings. The molecule has 128 valence electrons. The number of amides is 2. The topological polar surface area (TPSA) is 66.4 Å². The molecular formula is C19H20N4O2. The molecule has 1 saturated heterocycles. The van der Waals surface area contributed by atoms with Gasteiger partial charge in [0.2, 0.25) is 11.8 Å². The number of aryl methyl sites for hydroxylation is 2. The van der Waals surface area contributed by atoms with Gasteiger partial charge in [0.15, 0.2) is 0 Å². The maximum absolute atomic E-state index is 12.9. The molecule has 1 atom stereocenters. The molecule has 0 saturated carbocycles. The number of aromatic nitrogens is 2. The summed E-state index contributed by atoms with van der Waals surface area (Å²) in [4.78, 5) is 37.1. The number of hydrogen-bond donors (Lipinski definition) is 0. The Morgan fingerprint density at radius 3 is 2.80 bits per heavy atom. The molecule has 2 aliphatic heterocycles. The van der Waals surface area contributed by atoms with Crippen LogP contribution in [0, 0.1) is 19.8 Å². The number of anilines is 1.